The average Bonchev–Trinajstić information content (AvgIpc) is 2.54. The Morgan fingerprint density at radius 3 is 2.77 bits per heavy atom. The van der Waals surface area contributed by atoms with Crippen molar-refractivity contribution in [3.63, 3.8) is 0 Å². The lowest BCUT2D eigenvalue weighted by Crippen LogP contribution is -2.33. The topological polar surface area (TPSA) is 49.3 Å². The zero-order valence-corrected chi connectivity index (χ0v) is 13.1. The van der Waals surface area contributed by atoms with Crippen molar-refractivity contribution in [2.45, 2.75) is 17.2 Å². The molecule has 114 valence electrons. The summed E-state index contributed by atoms with van der Waals surface area (Å²) in [7, 11) is 0. The lowest BCUT2D eigenvalue weighted by molar-refractivity contribution is 0.0947. The van der Waals surface area contributed by atoms with Gasteiger partial charge < -0.3 is 10.4 Å². The van der Waals surface area contributed by atoms with E-state index in [0.717, 1.165) is 11.3 Å². The van der Waals surface area contributed by atoms with Gasteiger partial charge in [0.25, 0.3) is 5.91 Å². The maximum Gasteiger partial charge on any atom is 0.252 e. The zero-order chi connectivity index (χ0) is 15.4. The quantitative estimate of drug-likeness (QED) is 0.806. The molecular formula is C18H19NO2S. The Hall–Kier alpha value is -1.78. The molecule has 0 bridgehead atoms. The number of aliphatic hydroxyl groups excluding tert-OH is 1. The summed E-state index contributed by atoms with van der Waals surface area (Å²) < 4.78 is 0. The van der Waals surface area contributed by atoms with Gasteiger partial charge in [0.15, 0.2) is 0 Å². The van der Waals surface area contributed by atoms with Gasteiger partial charge in [-0.05, 0) is 29.7 Å². The first-order chi connectivity index (χ1) is 10.8. The summed E-state index contributed by atoms with van der Waals surface area (Å²) in [6, 6.07) is 15.9. The monoisotopic (exact) mass is 313 g/mol. The van der Waals surface area contributed by atoms with Gasteiger partial charge in [-0.1, -0.05) is 36.4 Å². The highest BCUT2D eigenvalue weighted by molar-refractivity contribution is 7.99. The van der Waals surface area contributed by atoms with E-state index in [1.165, 1.54) is 22.9 Å². The number of thioether (sulfide) groups is 1. The van der Waals surface area contributed by atoms with E-state index in [9.17, 15) is 4.79 Å². The molecule has 0 aromatic heterocycles. The SMILES string of the molecule is O=C(NC[C@@H]1Cc2ccccc21)c1ccccc1SCCO. The highest BCUT2D eigenvalue weighted by atomic mass is 32.2. The van der Waals surface area contributed by atoms with E-state index in [1.54, 1.807) is 0 Å². The summed E-state index contributed by atoms with van der Waals surface area (Å²) in [6.07, 6.45) is 1.04. The lowest BCUT2D eigenvalue weighted by Gasteiger charge is -2.30. The van der Waals surface area contributed by atoms with Gasteiger partial charge in [-0.25, -0.2) is 0 Å². The molecule has 0 saturated heterocycles. The van der Waals surface area contributed by atoms with Gasteiger partial charge in [0, 0.05) is 23.1 Å². The largest absolute Gasteiger partial charge is 0.396 e. The average molecular weight is 313 g/mol. The molecule has 0 heterocycles. The predicted molar refractivity (Wildman–Crippen MR) is 89.5 cm³/mol. The minimum atomic E-state index is -0.0366. The molecule has 22 heavy (non-hydrogen) atoms. The molecule has 1 atom stereocenters. The Morgan fingerprint density at radius 1 is 1.18 bits per heavy atom. The van der Waals surface area contributed by atoms with E-state index in [2.05, 4.69) is 23.5 Å². The molecule has 2 aromatic rings. The lowest BCUT2D eigenvalue weighted by atomic mass is 9.77. The third-order valence-electron chi connectivity index (χ3n) is 3.95. The second kappa shape index (κ2) is 6.99. The first-order valence-corrected chi connectivity index (χ1v) is 8.47. The fourth-order valence-electron chi connectivity index (χ4n) is 2.79. The molecule has 3 nitrogen and oxygen atoms in total. The van der Waals surface area contributed by atoms with Crippen LogP contribution in [0.3, 0.4) is 0 Å². The van der Waals surface area contributed by atoms with Crippen molar-refractivity contribution in [1.29, 1.82) is 0 Å². The number of nitrogens with one attached hydrogen (secondary N) is 1. The molecule has 0 fully saturated rings. The number of fused-ring (bicyclic) bond motifs is 1. The van der Waals surface area contributed by atoms with Crippen LogP contribution in [0.2, 0.25) is 0 Å². The van der Waals surface area contributed by atoms with E-state index in [1.807, 2.05) is 30.3 Å². The van der Waals surface area contributed by atoms with E-state index in [0.29, 0.717) is 23.8 Å². The number of hydrogen-bond acceptors (Lipinski definition) is 3. The Kier molecular flexibility index (Phi) is 4.80. The van der Waals surface area contributed by atoms with E-state index in [4.69, 9.17) is 5.11 Å². The van der Waals surface area contributed by atoms with Gasteiger partial charge >= 0.3 is 0 Å². The van der Waals surface area contributed by atoms with Crippen LogP contribution in [-0.4, -0.2) is 29.9 Å². The number of aliphatic hydroxyl groups is 1. The number of hydrogen-bond donors (Lipinski definition) is 2. The van der Waals surface area contributed by atoms with Crippen LogP contribution in [0.1, 0.15) is 27.4 Å². The molecule has 0 unspecified atom stereocenters. The third kappa shape index (κ3) is 3.18. The van der Waals surface area contributed by atoms with Crippen LogP contribution in [-0.2, 0) is 6.42 Å². The summed E-state index contributed by atoms with van der Waals surface area (Å²) in [5.41, 5.74) is 3.43. The van der Waals surface area contributed by atoms with Gasteiger partial charge in [0.05, 0.1) is 12.2 Å². The van der Waals surface area contributed by atoms with Crippen LogP contribution in [0.5, 0.6) is 0 Å². The Morgan fingerprint density at radius 2 is 1.95 bits per heavy atom. The summed E-state index contributed by atoms with van der Waals surface area (Å²) >= 11 is 1.51. The smallest absolute Gasteiger partial charge is 0.252 e. The summed E-state index contributed by atoms with van der Waals surface area (Å²) in [5.74, 6) is 0.989. The normalized spacial score (nSPS) is 15.8. The summed E-state index contributed by atoms with van der Waals surface area (Å²) in [5, 5.41) is 12.0. The molecular weight excluding hydrogens is 294 g/mol. The van der Waals surface area contributed by atoms with Crippen LogP contribution < -0.4 is 5.32 Å². The molecule has 0 spiro atoms. The van der Waals surface area contributed by atoms with Crippen molar-refractivity contribution in [2.75, 3.05) is 18.9 Å². The van der Waals surface area contributed by atoms with Crippen molar-refractivity contribution in [1.82, 2.24) is 5.32 Å². The fraction of sp³-hybridized carbons (Fsp3) is 0.278. The number of carbonyl (C=O) groups excluding carboxylic acids is 1. The summed E-state index contributed by atoms with van der Waals surface area (Å²) in [6.45, 7) is 0.786. The standard InChI is InChI=1S/C18H19NO2S/c20-9-10-22-17-8-4-3-7-16(17)18(21)19-12-14-11-13-5-1-2-6-15(13)14/h1-8,14,20H,9-12H2,(H,19,21)/t14-/m0/s1. The molecule has 0 aliphatic heterocycles. The molecule has 2 aromatic carbocycles. The Labute approximate surface area is 134 Å². The van der Waals surface area contributed by atoms with Gasteiger partial charge in [0.2, 0.25) is 0 Å². The van der Waals surface area contributed by atoms with Crippen LogP contribution in [0.25, 0.3) is 0 Å². The highest BCUT2D eigenvalue weighted by Crippen LogP contribution is 2.34. The highest BCUT2D eigenvalue weighted by Gasteiger charge is 2.25. The van der Waals surface area contributed by atoms with Gasteiger partial charge in [-0.2, -0.15) is 0 Å². The van der Waals surface area contributed by atoms with Crippen LogP contribution in [0.4, 0.5) is 0 Å². The minimum Gasteiger partial charge on any atom is -0.396 e. The number of amides is 1. The van der Waals surface area contributed by atoms with Crippen LogP contribution in [0, 0.1) is 0 Å². The van der Waals surface area contributed by atoms with Crippen molar-refractivity contribution in [3.8, 4) is 0 Å². The van der Waals surface area contributed by atoms with E-state index in [-0.39, 0.29) is 12.5 Å². The maximum atomic E-state index is 12.4. The second-order valence-corrected chi connectivity index (χ2v) is 6.51. The number of benzene rings is 2. The molecule has 1 amide bonds. The molecule has 4 heteroatoms. The first-order valence-electron chi connectivity index (χ1n) is 7.48. The predicted octanol–water partition coefficient (Wildman–Crippen LogP) is 2.84. The Balaban J connectivity index is 1.61. The minimum absolute atomic E-state index is 0.0366. The second-order valence-electron chi connectivity index (χ2n) is 5.38. The van der Waals surface area contributed by atoms with Crippen molar-refractivity contribution < 1.29 is 9.90 Å². The van der Waals surface area contributed by atoms with Crippen LogP contribution >= 0.6 is 11.8 Å². The van der Waals surface area contributed by atoms with Crippen molar-refractivity contribution >= 4 is 17.7 Å². The van der Waals surface area contributed by atoms with Gasteiger partial charge in [-0.3, -0.25) is 4.79 Å². The molecule has 2 N–H and O–H groups in total. The molecule has 1 aliphatic rings. The Bertz CT molecular complexity index is 672. The number of rotatable bonds is 6. The summed E-state index contributed by atoms with van der Waals surface area (Å²) in [4.78, 5) is 13.3. The molecule has 1 aliphatic carbocycles. The zero-order valence-electron chi connectivity index (χ0n) is 12.3. The van der Waals surface area contributed by atoms with Gasteiger partial charge in [0.1, 0.15) is 0 Å². The fourth-order valence-corrected chi connectivity index (χ4v) is 3.59. The van der Waals surface area contributed by atoms with Gasteiger partial charge in [-0.15, -0.1) is 11.8 Å². The maximum absolute atomic E-state index is 12.4. The first kappa shape index (κ1) is 15.1. The van der Waals surface area contributed by atoms with Crippen molar-refractivity contribution in [2.24, 2.45) is 0 Å². The van der Waals surface area contributed by atoms with E-state index >= 15 is 0 Å². The molecule has 3 rings (SSSR count). The molecule has 0 radical (unpaired) electrons. The van der Waals surface area contributed by atoms with Crippen LogP contribution in [0.15, 0.2) is 53.4 Å². The van der Waals surface area contributed by atoms with E-state index < -0.39 is 0 Å². The number of carbonyl (C=O) groups is 1. The third-order valence-corrected chi connectivity index (χ3v) is 5.00. The molecule has 0 saturated carbocycles. The van der Waals surface area contributed by atoms with Crippen molar-refractivity contribution in [3.05, 3.63) is 65.2 Å².